The maximum absolute atomic E-state index is 12.6. The number of carbonyl (C=O) groups excluding carboxylic acids is 1. The van der Waals surface area contributed by atoms with Crippen molar-refractivity contribution < 1.29 is 18.0 Å². The van der Waals surface area contributed by atoms with Gasteiger partial charge in [-0.05, 0) is 36.2 Å². The molecule has 4 nitrogen and oxygen atoms in total. The number of carbonyl (C=O) groups is 1. The minimum absolute atomic E-state index is 0.0836. The molecule has 0 spiro atoms. The summed E-state index contributed by atoms with van der Waals surface area (Å²) in [4.78, 5) is 12.3. The van der Waals surface area contributed by atoms with Gasteiger partial charge in [-0.15, -0.1) is 5.10 Å². The topological polar surface area (TPSA) is 54.9 Å². The fourth-order valence-electron chi connectivity index (χ4n) is 1.57. The SMILES string of the molecule is CCc1nnsc1C(=O)Nc1cccc(C(F)(F)F)c1. The number of amides is 1. The lowest BCUT2D eigenvalue weighted by Crippen LogP contribution is -2.13. The quantitative estimate of drug-likeness (QED) is 0.945. The molecule has 0 atom stereocenters. The number of benzene rings is 1. The van der Waals surface area contributed by atoms with E-state index >= 15 is 0 Å². The molecule has 0 aliphatic rings. The minimum atomic E-state index is -4.44. The van der Waals surface area contributed by atoms with Gasteiger partial charge in [0.2, 0.25) is 0 Å². The maximum Gasteiger partial charge on any atom is 0.416 e. The van der Waals surface area contributed by atoms with Crippen LogP contribution in [0.25, 0.3) is 0 Å². The molecular weight excluding hydrogens is 291 g/mol. The molecule has 1 amide bonds. The smallest absolute Gasteiger partial charge is 0.321 e. The van der Waals surface area contributed by atoms with Crippen LogP contribution in [0.4, 0.5) is 18.9 Å². The van der Waals surface area contributed by atoms with Gasteiger partial charge in [0, 0.05) is 5.69 Å². The van der Waals surface area contributed by atoms with Crippen molar-refractivity contribution in [3.63, 3.8) is 0 Å². The van der Waals surface area contributed by atoms with Gasteiger partial charge in [-0.3, -0.25) is 4.79 Å². The van der Waals surface area contributed by atoms with Gasteiger partial charge in [0.15, 0.2) is 0 Å². The number of halogens is 3. The lowest BCUT2D eigenvalue weighted by Gasteiger charge is -2.09. The van der Waals surface area contributed by atoms with Crippen LogP contribution in [0.3, 0.4) is 0 Å². The van der Waals surface area contributed by atoms with Crippen LogP contribution in [0.1, 0.15) is 27.9 Å². The van der Waals surface area contributed by atoms with Crippen molar-refractivity contribution in [3.05, 3.63) is 40.4 Å². The molecule has 0 aliphatic heterocycles. The summed E-state index contributed by atoms with van der Waals surface area (Å²) in [6.45, 7) is 1.82. The highest BCUT2D eigenvalue weighted by atomic mass is 32.1. The Morgan fingerprint density at radius 2 is 2.15 bits per heavy atom. The molecule has 20 heavy (non-hydrogen) atoms. The molecule has 0 unspecified atom stereocenters. The largest absolute Gasteiger partial charge is 0.416 e. The van der Waals surface area contributed by atoms with Crippen LogP contribution in [0, 0.1) is 0 Å². The van der Waals surface area contributed by atoms with E-state index in [0.29, 0.717) is 17.0 Å². The number of hydrogen-bond acceptors (Lipinski definition) is 4. The summed E-state index contributed by atoms with van der Waals surface area (Å²) in [5.41, 5.74) is -0.201. The normalized spacial score (nSPS) is 11.4. The number of nitrogens with zero attached hydrogens (tertiary/aromatic N) is 2. The summed E-state index contributed by atoms with van der Waals surface area (Å²) in [7, 11) is 0. The minimum Gasteiger partial charge on any atom is -0.321 e. The van der Waals surface area contributed by atoms with Crippen molar-refractivity contribution in [2.24, 2.45) is 0 Å². The van der Waals surface area contributed by atoms with Gasteiger partial charge < -0.3 is 5.32 Å². The highest BCUT2D eigenvalue weighted by molar-refractivity contribution is 7.08. The molecule has 0 saturated heterocycles. The second-order valence-electron chi connectivity index (χ2n) is 3.93. The molecule has 106 valence electrons. The fraction of sp³-hybridized carbons (Fsp3) is 0.250. The van der Waals surface area contributed by atoms with Gasteiger partial charge >= 0.3 is 6.18 Å². The Balaban J connectivity index is 2.20. The van der Waals surface area contributed by atoms with Gasteiger partial charge in [0.1, 0.15) is 4.88 Å². The molecule has 8 heteroatoms. The van der Waals surface area contributed by atoms with Gasteiger partial charge in [0.25, 0.3) is 5.91 Å². The standard InChI is InChI=1S/C12H10F3N3OS/c1-2-9-10(20-18-17-9)11(19)16-8-5-3-4-7(6-8)12(13,14)15/h3-6H,2H2,1H3,(H,16,19). The van der Waals surface area contributed by atoms with Crippen molar-refractivity contribution in [1.29, 1.82) is 0 Å². The Bertz CT molecular complexity index is 624. The van der Waals surface area contributed by atoms with E-state index in [0.717, 1.165) is 23.7 Å². The first-order valence-corrected chi connectivity index (χ1v) is 6.49. The second-order valence-corrected chi connectivity index (χ2v) is 4.69. The van der Waals surface area contributed by atoms with E-state index in [1.54, 1.807) is 0 Å². The van der Waals surface area contributed by atoms with Gasteiger partial charge in [-0.1, -0.05) is 17.5 Å². The summed E-state index contributed by atoms with van der Waals surface area (Å²) in [5, 5.41) is 6.20. The zero-order valence-corrected chi connectivity index (χ0v) is 11.2. The van der Waals surface area contributed by atoms with Crippen molar-refractivity contribution >= 4 is 23.1 Å². The van der Waals surface area contributed by atoms with Crippen molar-refractivity contribution in [2.75, 3.05) is 5.32 Å². The van der Waals surface area contributed by atoms with Crippen LogP contribution >= 0.6 is 11.5 Å². The van der Waals surface area contributed by atoms with E-state index in [2.05, 4.69) is 14.9 Å². The fourth-order valence-corrected chi connectivity index (χ4v) is 2.22. The molecule has 0 bridgehead atoms. The zero-order valence-electron chi connectivity index (χ0n) is 10.4. The number of alkyl halides is 3. The summed E-state index contributed by atoms with van der Waals surface area (Å²) < 4.78 is 41.4. The molecule has 1 N–H and O–H groups in total. The Morgan fingerprint density at radius 1 is 1.40 bits per heavy atom. The van der Waals surface area contributed by atoms with E-state index in [4.69, 9.17) is 0 Å². The lowest BCUT2D eigenvalue weighted by molar-refractivity contribution is -0.137. The van der Waals surface area contributed by atoms with Crippen LogP contribution in [0.5, 0.6) is 0 Å². The van der Waals surface area contributed by atoms with Crippen LogP contribution in [0.15, 0.2) is 24.3 Å². The zero-order chi connectivity index (χ0) is 14.8. The van der Waals surface area contributed by atoms with Gasteiger partial charge in [0.05, 0.1) is 11.3 Å². The Morgan fingerprint density at radius 3 is 2.80 bits per heavy atom. The molecule has 0 radical (unpaired) electrons. The molecule has 0 fully saturated rings. The molecular formula is C12H10F3N3OS. The summed E-state index contributed by atoms with van der Waals surface area (Å²) in [5.74, 6) is -0.504. The first kappa shape index (κ1) is 14.4. The van der Waals surface area contributed by atoms with Gasteiger partial charge in [-0.25, -0.2) is 0 Å². The number of anilines is 1. The number of hydrogen-bond donors (Lipinski definition) is 1. The predicted molar refractivity (Wildman–Crippen MR) is 68.7 cm³/mol. The average Bonchev–Trinajstić information content (AvgIpc) is 2.86. The van der Waals surface area contributed by atoms with E-state index in [9.17, 15) is 18.0 Å². The van der Waals surface area contributed by atoms with Crippen LogP contribution in [-0.2, 0) is 12.6 Å². The van der Waals surface area contributed by atoms with E-state index < -0.39 is 17.6 Å². The van der Waals surface area contributed by atoms with Crippen LogP contribution in [-0.4, -0.2) is 15.5 Å². The number of aryl methyl sites for hydroxylation is 1. The Kier molecular flexibility index (Phi) is 4.03. The highest BCUT2D eigenvalue weighted by Crippen LogP contribution is 2.30. The third kappa shape index (κ3) is 3.13. The van der Waals surface area contributed by atoms with E-state index in [-0.39, 0.29) is 5.69 Å². The first-order valence-electron chi connectivity index (χ1n) is 5.71. The van der Waals surface area contributed by atoms with Crippen molar-refractivity contribution in [1.82, 2.24) is 9.59 Å². The Hall–Kier alpha value is -1.96. The van der Waals surface area contributed by atoms with Crippen molar-refractivity contribution in [2.45, 2.75) is 19.5 Å². The van der Waals surface area contributed by atoms with E-state index in [1.807, 2.05) is 6.92 Å². The lowest BCUT2D eigenvalue weighted by atomic mass is 10.2. The third-order valence-electron chi connectivity index (χ3n) is 2.54. The molecule has 1 aromatic carbocycles. The number of rotatable bonds is 3. The third-order valence-corrected chi connectivity index (χ3v) is 3.31. The van der Waals surface area contributed by atoms with Crippen molar-refractivity contribution in [3.8, 4) is 0 Å². The highest BCUT2D eigenvalue weighted by Gasteiger charge is 2.30. The Labute approximate surface area is 116 Å². The molecule has 0 saturated carbocycles. The summed E-state index contributed by atoms with van der Waals surface area (Å²) >= 11 is 0.916. The summed E-state index contributed by atoms with van der Waals surface area (Å²) in [6, 6.07) is 4.47. The molecule has 2 rings (SSSR count). The first-order chi connectivity index (χ1) is 9.41. The summed E-state index contributed by atoms with van der Waals surface area (Å²) in [6.07, 6.45) is -3.91. The molecule has 1 aromatic heterocycles. The van der Waals surface area contributed by atoms with Gasteiger partial charge in [-0.2, -0.15) is 13.2 Å². The van der Waals surface area contributed by atoms with E-state index in [1.165, 1.54) is 12.1 Å². The maximum atomic E-state index is 12.6. The van der Waals surface area contributed by atoms with Crippen LogP contribution in [0.2, 0.25) is 0 Å². The molecule has 0 aliphatic carbocycles. The number of nitrogens with one attached hydrogen (secondary N) is 1. The number of aromatic nitrogens is 2. The second kappa shape index (κ2) is 5.58. The van der Waals surface area contributed by atoms with Crippen LogP contribution < -0.4 is 5.32 Å². The average molecular weight is 301 g/mol. The molecule has 1 heterocycles. The monoisotopic (exact) mass is 301 g/mol. The predicted octanol–water partition coefficient (Wildman–Crippen LogP) is 3.37. The molecule has 2 aromatic rings.